The van der Waals surface area contributed by atoms with Crippen LogP contribution in [-0.2, 0) is 38.5 Å². The van der Waals surface area contributed by atoms with E-state index in [1.54, 1.807) is 38.1 Å². The first kappa shape index (κ1) is 31.9. The lowest BCUT2D eigenvalue weighted by Crippen LogP contribution is -2.54. The maximum atomic E-state index is 14.0. The van der Waals surface area contributed by atoms with Gasteiger partial charge in [0.05, 0.1) is 25.3 Å². The highest BCUT2D eigenvalue weighted by atomic mass is 31.2. The van der Waals surface area contributed by atoms with Crippen molar-refractivity contribution in [3.8, 4) is 11.8 Å². The summed E-state index contributed by atoms with van der Waals surface area (Å²) in [5, 5.41) is 29.1. The SMILES string of the molecule is COC(=O)[C@H](C)NP(=O)(OC[C@H]1O[C@@](C#N)(c2ccc3c(N)ncnn23)[C@](C)(O)[C@@H]1OC(=O)C(C)C)Oc1ccccc1. The molecule has 1 aromatic carbocycles. The van der Waals surface area contributed by atoms with Crippen LogP contribution in [0.25, 0.3) is 5.52 Å². The van der Waals surface area contributed by atoms with E-state index < -0.39 is 61.7 Å². The van der Waals surface area contributed by atoms with Crippen LogP contribution in [0.1, 0.15) is 33.4 Å². The first-order chi connectivity index (χ1) is 20.3. The average molecular weight is 617 g/mol. The smallest absolute Gasteiger partial charge is 0.459 e. The van der Waals surface area contributed by atoms with E-state index in [9.17, 15) is 24.5 Å². The van der Waals surface area contributed by atoms with Gasteiger partial charge in [-0.2, -0.15) is 15.4 Å². The summed E-state index contributed by atoms with van der Waals surface area (Å²) in [6, 6.07) is 12.0. The monoisotopic (exact) mass is 616 g/mol. The number of aromatic nitrogens is 3. The highest BCUT2D eigenvalue weighted by Crippen LogP contribution is 2.51. The Morgan fingerprint density at radius 3 is 2.56 bits per heavy atom. The lowest BCUT2D eigenvalue weighted by atomic mass is 9.80. The molecule has 16 heteroatoms. The Labute approximate surface area is 247 Å². The van der Waals surface area contributed by atoms with Gasteiger partial charge < -0.3 is 29.6 Å². The van der Waals surface area contributed by atoms with E-state index in [-0.39, 0.29) is 17.3 Å². The van der Waals surface area contributed by atoms with Crippen molar-refractivity contribution in [3.63, 3.8) is 0 Å². The highest BCUT2D eigenvalue weighted by Gasteiger charge is 2.67. The maximum Gasteiger partial charge on any atom is 0.459 e. The molecule has 15 nitrogen and oxygen atoms in total. The Hall–Kier alpha value is -4.06. The molecule has 1 fully saturated rings. The van der Waals surface area contributed by atoms with E-state index in [0.29, 0.717) is 5.52 Å². The lowest BCUT2D eigenvalue weighted by molar-refractivity contribution is -0.168. The minimum atomic E-state index is -4.37. The number of hydrogen-bond donors (Lipinski definition) is 3. The fourth-order valence-electron chi connectivity index (χ4n) is 4.63. The predicted octanol–water partition coefficient (Wildman–Crippen LogP) is 2.10. The fourth-order valence-corrected chi connectivity index (χ4v) is 6.13. The zero-order chi connectivity index (χ0) is 31.6. The summed E-state index contributed by atoms with van der Waals surface area (Å²) in [4.78, 5) is 28.8. The van der Waals surface area contributed by atoms with E-state index >= 15 is 0 Å². The number of carbonyl (C=O) groups excluding carboxylic acids is 2. The quantitative estimate of drug-likeness (QED) is 0.208. The van der Waals surface area contributed by atoms with Crippen molar-refractivity contribution >= 4 is 31.0 Å². The molecule has 0 saturated carbocycles. The van der Waals surface area contributed by atoms with Crippen molar-refractivity contribution in [2.24, 2.45) is 5.92 Å². The molecule has 6 atom stereocenters. The summed E-state index contributed by atoms with van der Waals surface area (Å²) in [5.41, 5.74) is 1.99. The zero-order valence-electron chi connectivity index (χ0n) is 24.2. The van der Waals surface area contributed by atoms with Gasteiger partial charge in [0.25, 0.3) is 0 Å². The molecular formula is C27H33N6O9P. The van der Waals surface area contributed by atoms with Crippen LogP contribution in [0, 0.1) is 17.2 Å². The number of carbonyl (C=O) groups is 2. The largest absolute Gasteiger partial charge is 0.468 e. The number of nitrogens with zero attached hydrogens (tertiary/aromatic N) is 4. The number of rotatable bonds is 11. The second kappa shape index (κ2) is 12.3. The van der Waals surface area contributed by atoms with Crippen LogP contribution < -0.4 is 15.3 Å². The van der Waals surface area contributed by atoms with Crippen LogP contribution in [0.15, 0.2) is 48.8 Å². The maximum absolute atomic E-state index is 14.0. The Kier molecular flexibility index (Phi) is 9.10. The number of nitriles is 1. The van der Waals surface area contributed by atoms with Crippen molar-refractivity contribution in [2.45, 2.75) is 57.1 Å². The molecule has 3 aromatic rings. The molecule has 1 saturated heterocycles. The molecule has 2 aromatic heterocycles. The van der Waals surface area contributed by atoms with E-state index in [0.717, 1.165) is 7.11 Å². The minimum Gasteiger partial charge on any atom is -0.468 e. The number of anilines is 1. The summed E-state index contributed by atoms with van der Waals surface area (Å²) in [5.74, 6) is -1.78. The standard InChI is InChI=1S/C27H33N6O9P/c1-16(2)24(34)40-22-20(13-39-43(37,32-17(3)25(35)38-5)42-18-9-7-6-8-10-18)41-27(14-28,26(22,4)36)21-12-11-19-23(29)30-15-31-33(19)21/h6-12,15-17,20,22,36H,13H2,1-5H3,(H,32,37)(H2,29,30,31)/t17-,20+,22+,26+,27-,43?/m0/s1. The molecule has 0 spiro atoms. The van der Waals surface area contributed by atoms with Gasteiger partial charge in [-0.05, 0) is 38.1 Å². The Bertz CT molecular complexity index is 1570. The molecule has 1 unspecified atom stereocenters. The number of nitrogen functional groups attached to an aromatic ring is 1. The van der Waals surface area contributed by atoms with Crippen molar-refractivity contribution < 1.29 is 42.5 Å². The molecule has 1 aliphatic heterocycles. The average Bonchev–Trinajstić information content (AvgIpc) is 3.50. The Balaban J connectivity index is 1.74. The van der Waals surface area contributed by atoms with Gasteiger partial charge in [-0.15, -0.1) is 0 Å². The summed E-state index contributed by atoms with van der Waals surface area (Å²) >= 11 is 0. The number of benzene rings is 1. The summed E-state index contributed by atoms with van der Waals surface area (Å²) in [6.07, 6.45) is -1.71. The van der Waals surface area contributed by atoms with Crippen LogP contribution >= 0.6 is 7.75 Å². The molecule has 43 heavy (non-hydrogen) atoms. The van der Waals surface area contributed by atoms with Gasteiger partial charge in [0.15, 0.2) is 11.9 Å². The van der Waals surface area contributed by atoms with Gasteiger partial charge in [-0.1, -0.05) is 32.0 Å². The van der Waals surface area contributed by atoms with Gasteiger partial charge in [0, 0.05) is 0 Å². The van der Waals surface area contributed by atoms with E-state index in [1.807, 2.05) is 6.07 Å². The highest BCUT2D eigenvalue weighted by molar-refractivity contribution is 7.52. The molecule has 230 valence electrons. The predicted molar refractivity (Wildman–Crippen MR) is 150 cm³/mol. The number of nitrogens with two attached hydrogens (primary N) is 1. The van der Waals surface area contributed by atoms with Gasteiger partial charge in [0.2, 0.25) is 5.60 Å². The molecule has 4 rings (SSSR count). The zero-order valence-corrected chi connectivity index (χ0v) is 25.1. The van der Waals surface area contributed by atoms with E-state index in [2.05, 4.69) is 15.2 Å². The second-order valence-electron chi connectivity index (χ2n) is 10.3. The number of hydrogen-bond acceptors (Lipinski definition) is 13. The Morgan fingerprint density at radius 1 is 1.23 bits per heavy atom. The van der Waals surface area contributed by atoms with Crippen LogP contribution in [-0.4, -0.2) is 69.2 Å². The number of fused-ring (bicyclic) bond motifs is 1. The molecule has 0 radical (unpaired) electrons. The first-order valence-electron chi connectivity index (χ1n) is 13.2. The topological polar surface area (TPSA) is 210 Å². The third kappa shape index (κ3) is 6.06. The molecule has 1 aliphatic rings. The van der Waals surface area contributed by atoms with Crippen LogP contribution in [0.4, 0.5) is 5.82 Å². The molecule has 4 N–H and O–H groups in total. The molecule has 3 heterocycles. The van der Waals surface area contributed by atoms with Crippen molar-refractivity contribution in [3.05, 3.63) is 54.5 Å². The molecule has 0 bridgehead atoms. The first-order valence-corrected chi connectivity index (χ1v) is 14.8. The lowest BCUT2D eigenvalue weighted by Gasteiger charge is -2.34. The summed E-state index contributed by atoms with van der Waals surface area (Å²) in [6.45, 7) is 5.23. The fraction of sp³-hybridized carbons (Fsp3) is 0.444. The Morgan fingerprint density at radius 2 is 1.93 bits per heavy atom. The third-order valence-corrected chi connectivity index (χ3v) is 8.57. The van der Waals surface area contributed by atoms with E-state index in [1.165, 1.54) is 42.9 Å². The van der Waals surface area contributed by atoms with Crippen molar-refractivity contribution in [1.82, 2.24) is 19.7 Å². The van der Waals surface area contributed by atoms with Gasteiger partial charge >= 0.3 is 19.7 Å². The van der Waals surface area contributed by atoms with Gasteiger partial charge in [0.1, 0.15) is 41.4 Å². The van der Waals surface area contributed by atoms with Crippen molar-refractivity contribution in [1.29, 1.82) is 5.26 Å². The molecule has 0 aliphatic carbocycles. The summed E-state index contributed by atoms with van der Waals surface area (Å²) < 4.78 is 43.2. The number of esters is 2. The molecule has 0 amide bonds. The number of ether oxygens (including phenoxy) is 3. The third-order valence-electron chi connectivity index (χ3n) is 6.93. The van der Waals surface area contributed by atoms with Crippen LogP contribution in [0.3, 0.4) is 0 Å². The minimum absolute atomic E-state index is 0.0679. The van der Waals surface area contributed by atoms with Crippen molar-refractivity contribution in [2.75, 3.05) is 19.5 Å². The van der Waals surface area contributed by atoms with Crippen LogP contribution in [0.2, 0.25) is 0 Å². The number of para-hydroxylation sites is 1. The second-order valence-corrected chi connectivity index (χ2v) is 12.0. The number of aliphatic hydroxyl groups is 1. The number of methoxy groups -OCH3 is 1. The van der Waals surface area contributed by atoms with Crippen LogP contribution in [0.5, 0.6) is 5.75 Å². The number of nitrogens with one attached hydrogen (secondary N) is 1. The van der Waals surface area contributed by atoms with Gasteiger partial charge in [-0.25, -0.2) is 14.1 Å². The molecular weight excluding hydrogens is 583 g/mol. The normalized spacial score (nSPS) is 25.5. The van der Waals surface area contributed by atoms with Gasteiger partial charge in [-0.3, -0.25) is 14.1 Å². The summed E-state index contributed by atoms with van der Waals surface area (Å²) in [7, 11) is -3.21. The van der Waals surface area contributed by atoms with E-state index in [4.69, 9.17) is 29.0 Å².